The van der Waals surface area contributed by atoms with Gasteiger partial charge in [0.15, 0.2) is 5.79 Å². The second kappa shape index (κ2) is 4.47. The lowest BCUT2D eigenvalue weighted by Crippen LogP contribution is -2.44. The fraction of sp³-hybridized carbons (Fsp3) is 0.889. The van der Waals surface area contributed by atoms with Crippen LogP contribution in [0.3, 0.4) is 0 Å². The van der Waals surface area contributed by atoms with Gasteiger partial charge in [-0.05, 0) is 6.92 Å². The minimum atomic E-state index is -0.739. The molecule has 1 saturated heterocycles. The van der Waals surface area contributed by atoms with Crippen molar-refractivity contribution >= 4 is 17.5 Å². The van der Waals surface area contributed by atoms with Gasteiger partial charge in [-0.25, -0.2) is 0 Å². The first kappa shape index (κ1) is 11.8. The molecule has 4 nitrogen and oxygen atoms in total. The van der Waals surface area contributed by atoms with Gasteiger partial charge in [0.05, 0.1) is 11.9 Å². The van der Waals surface area contributed by atoms with Crippen LogP contribution in [0.15, 0.2) is 0 Å². The molecule has 1 fully saturated rings. The minimum Gasteiger partial charge on any atom is -0.352 e. The third-order valence-corrected chi connectivity index (χ3v) is 2.80. The van der Waals surface area contributed by atoms with E-state index in [2.05, 4.69) is 0 Å². The van der Waals surface area contributed by atoms with Crippen molar-refractivity contribution < 1.29 is 14.3 Å². The van der Waals surface area contributed by atoms with E-state index >= 15 is 0 Å². The second-order valence-electron chi connectivity index (χ2n) is 3.62. The number of amides is 1. The Morgan fingerprint density at radius 3 is 2.50 bits per heavy atom. The van der Waals surface area contributed by atoms with Crippen molar-refractivity contribution in [2.75, 3.05) is 27.3 Å². The molecule has 0 saturated carbocycles. The van der Waals surface area contributed by atoms with E-state index in [4.69, 9.17) is 21.1 Å². The lowest BCUT2D eigenvalue weighted by molar-refractivity contribution is -0.203. The third-order valence-electron chi connectivity index (χ3n) is 2.51. The van der Waals surface area contributed by atoms with E-state index in [0.717, 1.165) is 0 Å². The predicted octanol–water partition coefficient (Wildman–Crippen LogP) is 0.835. The molecule has 0 N–H and O–H groups in total. The summed E-state index contributed by atoms with van der Waals surface area (Å²) < 4.78 is 10.3. The molecule has 1 unspecified atom stereocenters. The predicted molar refractivity (Wildman–Crippen MR) is 53.3 cm³/mol. The van der Waals surface area contributed by atoms with Gasteiger partial charge in [0.1, 0.15) is 0 Å². The lowest BCUT2D eigenvalue weighted by Gasteiger charge is -2.30. The zero-order valence-corrected chi connectivity index (χ0v) is 9.50. The van der Waals surface area contributed by atoms with Gasteiger partial charge >= 0.3 is 0 Å². The number of nitrogens with zero attached hydrogens (tertiary/aromatic N) is 1. The Hall–Kier alpha value is -0.320. The van der Waals surface area contributed by atoms with Crippen molar-refractivity contribution in [3.63, 3.8) is 0 Å². The van der Waals surface area contributed by atoms with Crippen LogP contribution in [0.5, 0.6) is 0 Å². The van der Waals surface area contributed by atoms with Gasteiger partial charge in [-0.2, -0.15) is 0 Å². The smallest absolute Gasteiger partial charge is 0.224 e. The number of methoxy groups -OCH3 is 2. The summed E-state index contributed by atoms with van der Waals surface area (Å²) in [7, 11) is 3.12. The summed E-state index contributed by atoms with van der Waals surface area (Å²) in [5.41, 5.74) is 0. The zero-order chi connectivity index (χ0) is 10.8. The fourth-order valence-electron chi connectivity index (χ4n) is 1.44. The van der Waals surface area contributed by atoms with Crippen LogP contribution in [-0.4, -0.2) is 49.3 Å². The Labute approximate surface area is 89.1 Å². The number of rotatable bonds is 4. The Morgan fingerprint density at radius 1 is 1.57 bits per heavy atom. The van der Waals surface area contributed by atoms with Crippen molar-refractivity contribution in [3.8, 4) is 0 Å². The SMILES string of the molecule is COC(C)(CN1CC(Cl)CC1=O)OC. The van der Waals surface area contributed by atoms with Gasteiger partial charge in [-0.15, -0.1) is 11.6 Å². The summed E-state index contributed by atoms with van der Waals surface area (Å²) in [6.07, 6.45) is 0.408. The molecular formula is C9H16ClNO3. The molecule has 0 aromatic rings. The van der Waals surface area contributed by atoms with Crippen molar-refractivity contribution in [3.05, 3.63) is 0 Å². The van der Waals surface area contributed by atoms with Gasteiger partial charge in [0, 0.05) is 27.2 Å². The highest BCUT2D eigenvalue weighted by Gasteiger charge is 2.34. The van der Waals surface area contributed by atoms with Crippen molar-refractivity contribution in [2.45, 2.75) is 24.5 Å². The van der Waals surface area contributed by atoms with Gasteiger partial charge < -0.3 is 14.4 Å². The van der Waals surface area contributed by atoms with Gasteiger partial charge in [-0.3, -0.25) is 4.79 Å². The number of carbonyl (C=O) groups is 1. The molecule has 0 bridgehead atoms. The lowest BCUT2D eigenvalue weighted by atomic mass is 10.3. The number of alkyl halides is 1. The van der Waals surface area contributed by atoms with Crippen LogP contribution < -0.4 is 0 Å². The van der Waals surface area contributed by atoms with Crippen LogP contribution in [0.2, 0.25) is 0 Å². The van der Waals surface area contributed by atoms with Crippen LogP contribution in [0.4, 0.5) is 0 Å². The summed E-state index contributed by atoms with van der Waals surface area (Å²) in [6, 6.07) is 0. The molecular weight excluding hydrogens is 206 g/mol. The third kappa shape index (κ3) is 2.59. The Balaban J connectivity index is 2.55. The van der Waals surface area contributed by atoms with Crippen LogP contribution in [-0.2, 0) is 14.3 Å². The summed E-state index contributed by atoms with van der Waals surface area (Å²) in [5, 5.41) is -0.0829. The Morgan fingerprint density at radius 2 is 2.14 bits per heavy atom. The second-order valence-corrected chi connectivity index (χ2v) is 4.23. The summed E-state index contributed by atoms with van der Waals surface area (Å²) >= 11 is 5.87. The molecule has 1 amide bonds. The first-order valence-electron chi connectivity index (χ1n) is 4.53. The zero-order valence-electron chi connectivity index (χ0n) is 8.75. The summed E-state index contributed by atoms with van der Waals surface area (Å²) in [5.74, 6) is -0.679. The van der Waals surface area contributed by atoms with E-state index in [9.17, 15) is 4.79 Å². The normalized spacial score (nSPS) is 23.3. The molecule has 0 spiro atoms. The molecule has 14 heavy (non-hydrogen) atoms. The number of hydrogen-bond donors (Lipinski definition) is 0. The van der Waals surface area contributed by atoms with E-state index in [-0.39, 0.29) is 11.3 Å². The van der Waals surface area contributed by atoms with E-state index in [1.165, 1.54) is 0 Å². The highest BCUT2D eigenvalue weighted by molar-refractivity contribution is 6.22. The molecule has 5 heteroatoms. The van der Waals surface area contributed by atoms with Gasteiger partial charge in [-0.1, -0.05) is 0 Å². The molecule has 1 aliphatic heterocycles. The highest BCUT2D eigenvalue weighted by atomic mass is 35.5. The molecule has 1 rings (SSSR count). The molecule has 0 aliphatic carbocycles. The maximum Gasteiger partial charge on any atom is 0.224 e. The molecule has 1 heterocycles. The van der Waals surface area contributed by atoms with Crippen molar-refractivity contribution in [1.82, 2.24) is 4.90 Å². The molecule has 82 valence electrons. The number of carbonyl (C=O) groups excluding carboxylic acids is 1. The monoisotopic (exact) mass is 221 g/mol. The quantitative estimate of drug-likeness (QED) is 0.522. The average molecular weight is 222 g/mol. The maximum atomic E-state index is 11.4. The largest absolute Gasteiger partial charge is 0.352 e. The highest BCUT2D eigenvalue weighted by Crippen LogP contribution is 2.20. The molecule has 0 aromatic carbocycles. The Bertz CT molecular complexity index is 218. The van der Waals surface area contributed by atoms with Crippen molar-refractivity contribution in [1.29, 1.82) is 0 Å². The van der Waals surface area contributed by atoms with E-state index in [0.29, 0.717) is 19.5 Å². The number of likely N-dealkylation sites (tertiary alicyclic amines) is 1. The van der Waals surface area contributed by atoms with Gasteiger partial charge in [0.25, 0.3) is 0 Å². The maximum absolute atomic E-state index is 11.4. The first-order valence-corrected chi connectivity index (χ1v) is 4.96. The number of halogens is 1. The first-order chi connectivity index (χ1) is 6.50. The van der Waals surface area contributed by atoms with Gasteiger partial charge in [0.2, 0.25) is 5.91 Å². The van der Waals surface area contributed by atoms with E-state index in [1.807, 2.05) is 0 Å². The molecule has 1 atom stereocenters. The summed E-state index contributed by atoms with van der Waals surface area (Å²) in [6.45, 7) is 2.78. The molecule has 0 aromatic heterocycles. The van der Waals surface area contributed by atoms with Crippen LogP contribution in [0, 0.1) is 0 Å². The van der Waals surface area contributed by atoms with Crippen LogP contribution >= 0.6 is 11.6 Å². The fourth-order valence-corrected chi connectivity index (χ4v) is 1.73. The van der Waals surface area contributed by atoms with Crippen molar-refractivity contribution in [2.24, 2.45) is 0 Å². The van der Waals surface area contributed by atoms with E-state index < -0.39 is 5.79 Å². The number of ether oxygens (including phenoxy) is 2. The number of hydrogen-bond acceptors (Lipinski definition) is 3. The standard InChI is InChI=1S/C9H16ClNO3/c1-9(13-2,14-3)6-11-5-7(10)4-8(11)12/h7H,4-6H2,1-3H3. The minimum absolute atomic E-state index is 0.0605. The van der Waals surface area contributed by atoms with E-state index in [1.54, 1.807) is 26.0 Å². The summed E-state index contributed by atoms with van der Waals surface area (Å²) in [4.78, 5) is 13.1. The van der Waals surface area contributed by atoms with Crippen LogP contribution in [0.1, 0.15) is 13.3 Å². The average Bonchev–Trinajstić information content (AvgIpc) is 2.45. The van der Waals surface area contributed by atoms with Crippen LogP contribution in [0.25, 0.3) is 0 Å². The molecule has 0 radical (unpaired) electrons. The topological polar surface area (TPSA) is 38.8 Å². The Kier molecular flexibility index (Phi) is 3.75. The molecule has 1 aliphatic rings.